The number of rotatable bonds is 11. The Hall–Kier alpha value is -3.89. The number of methoxy groups -OCH3 is 1. The maximum Gasteiger partial charge on any atom is 0.355 e. The van der Waals surface area contributed by atoms with Gasteiger partial charge in [0.1, 0.15) is 35.1 Å². The quantitative estimate of drug-likeness (QED) is 0.116. The second-order valence-corrected chi connectivity index (χ2v) is 13.5. The molecule has 2 amide bonds. The van der Waals surface area contributed by atoms with E-state index in [2.05, 4.69) is 19.8 Å². The van der Waals surface area contributed by atoms with Gasteiger partial charge in [-0.3, -0.25) is 14.5 Å². The monoisotopic (exact) mass is 680 g/mol. The van der Waals surface area contributed by atoms with Crippen LogP contribution in [0.3, 0.4) is 0 Å². The van der Waals surface area contributed by atoms with E-state index in [1.54, 1.807) is 52.1 Å². The minimum atomic E-state index is -1.59. The van der Waals surface area contributed by atoms with Crippen molar-refractivity contribution in [3.8, 4) is 5.75 Å². The van der Waals surface area contributed by atoms with Crippen LogP contribution in [0, 0.1) is 0 Å². The summed E-state index contributed by atoms with van der Waals surface area (Å²) in [7, 11) is 1.55. The van der Waals surface area contributed by atoms with Gasteiger partial charge in [0.25, 0.3) is 11.8 Å². The molecule has 1 saturated heterocycles. The highest BCUT2D eigenvalue weighted by Gasteiger charge is 2.54. The number of hydrogen-bond donors (Lipinski definition) is 2. The Morgan fingerprint density at radius 2 is 1.87 bits per heavy atom. The van der Waals surface area contributed by atoms with Gasteiger partial charge in [0, 0.05) is 23.2 Å². The molecule has 17 heteroatoms. The number of nitrogen functional groups attached to an aromatic ring is 1. The molecule has 3 N–H and O–H groups in total. The molecular weight excluding hydrogens is 648 g/mol. The van der Waals surface area contributed by atoms with Crippen LogP contribution in [0.4, 0.5) is 5.13 Å². The van der Waals surface area contributed by atoms with Crippen LogP contribution >= 0.6 is 34.9 Å². The average molecular weight is 681 g/mol. The summed E-state index contributed by atoms with van der Waals surface area (Å²) in [5.74, 6) is -2.03. The summed E-state index contributed by atoms with van der Waals surface area (Å²) in [5, 5.41) is 5.94. The van der Waals surface area contributed by atoms with Crippen LogP contribution in [0.5, 0.6) is 5.75 Å². The number of ether oxygens (including phenoxy) is 3. The van der Waals surface area contributed by atoms with E-state index in [4.69, 9.17) is 36.4 Å². The number of halogens is 1. The molecule has 0 bridgehead atoms. The molecule has 2 aliphatic heterocycles. The van der Waals surface area contributed by atoms with E-state index < -0.39 is 52.1 Å². The van der Waals surface area contributed by atoms with E-state index in [0.717, 1.165) is 17.1 Å². The lowest BCUT2D eigenvalue weighted by Crippen LogP contribution is -2.71. The highest BCUT2D eigenvalue weighted by Crippen LogP contribution is 2.41. The molecule has 14 nitrogen and oxygen atoms in total. The first-order chi connectivity index (χ1) is 21.1. The van der Waals surface area contributed by atoms with Crippen LogP contribution in [-0.4, -0.2) is 85.1 Å². The van der Waals surface area contributed by atoms with Crippen LogP contribution in [0.25, 0.3) is 0 Å². The fourth-order valence-corrected chi connectivity index (χ4v) is 6.15. The number of amides is 2. The third-order valence-corrected chi connectivity index (χ3v) is 8.55. The third-order valence-electron chi connectivity index (χ3n) is 6.34. The smallest absolute Gasteiger partial charge is 0.355 e. The second kappa shape index (κ2) is 13.6. The molecule has 0 aliphatic carbocycles. The van der Waals surface area contributed by atoms with Crippen molar-refractivity contribution in [2.45, 2.75) is 63.8 Å². The van der Waals surface area contributed by atoms with E-state index >= 15 is 0 Å². The van der Waals surface area contributed by atoms with E-state index in [-0.39, 0.29) is 29.1 Å². The minimum Gasteiger partial charge on any atom is -0.497 e. The number of β-lactam (4-membered cyclic amide) rings is 1. The number of oxime groups is 1. The Bertz CT molecular complexity index is 1540. The highest BCUT2D eigenvalue weighted by atomic mass is 35.5. The molecule has 1 aromatic carbocycles. The molecular formula is C28H33ClN6O8S2. The standard InChI is InChI=1S/C28H33ClN6O8S2/c1-27(2,3)42-25(39)28(4,5)43-33-17(20-32-26(30)45-34-20)21(36)31-18-22(37)35-19(15(11-29)13-44-23(18)35)24(38)41-12-14-7-9-16(40-6)10-8-14/h7-10,18,23H,11-13H2,1-6H3,(H,31,36)(H2,30,32,34)/t18-,23-/m1/s1. The number of carbonyl (C=O) groups excluding carboxylic acids is 4. The number of aromatic nitrogens is 2. The number of hydrogen-bond acceptors (Lipinski definition) is 14. The lowest BCUT2D eigenvalue weighted by molar-refractivity contribution is -0.179. The Morgan fingerprint density at radius 1 is 1.18 bits per heavy atom. The normalized spacial score (nSPS) is 18.5. The summed E-state index contributed by atoms with van der Waals surface area (Å²) in [6.07, 6.45) is 0. The summed E-state index contributed by atoms with van der Waals surface area (Å²) >= 11 is 8.27. The SMILES string of the molecule is COc1ccc(COC(=O)C2=C(CCl)CS[C@@H]3[C@H](NC(=O)C(=NOC(C)(C)C(=O)OC(C)(C)C)c4nsc(N)n4)C(=O)N23)cc1. The lowest BCUT2D eigenvalue weighted by atomic mass is 10.0. The number of nitrogens with one attached hydrogen (secondary N) is 1. The van der Waals surface area contributed by atoms with Gasteiger partial charge in [-0.2, -0.15) is 9.36 Å². The summed E-state index contributed by atoms with van der Waals surface area (Å²) in [6.45, 7) is 7.90. The van der Waals surface area contributed by atoms with Gasteiger partial charge in [0.05, 0.1) is 7.11 Å². The molecule has 2 aliphatic rings. The molecule has 2 atom stereocenters. The molecule has 45 heavy (non-hydrogen) atoms. The number of alkyl halides is 1. The number of nitrogens with zero attached hydrogens (tertiary/aromatic N) is 4. The topological polar surface area (TPSA) is 185 Å². The Morgan fingerprint density at radius 3 is 2.44 bits per heavy atom. The maximum absolute atomic E-state index is 13.5. The largest absolute Gasteiger partial charge is 0.497 e. The predicted molar refractivity (Wildman–Crippen MR) is 167 cm³/mol. The number of benzene rings is 1. The van der Waals surface area contributed by atoms with Crippen LogP contribution in [0.15, 0.2) is 40.7 Å². The molecule has 3 heterocycles. The Kier molecular flexibility index (Phi) is 10.3. The molecule has 1 aromatic heterocycles. The number of fused-ring (bicyclic) bond motifs is 1. The van der Waals surface area contributed by atoms with Crippen molar-refractivity contribution in [3.05, 3.63) is 46.9 Å². The first kappa shape index (κ1) is 34.0. The molecule has 0 radical (unpaired) electrons. The fourth-order valence-electron chi connectivity index (χ4n) is 4.04. The highest BCUT2D eigenvalue weighted by molar-refractivity contribution is 8.00. The van der Waals surface area contributed by atoms with Crippen molar-refractivity contribution in [2.75, 3.05) is 24.5 Å². The maximum atomic E-state index is 13.5. The van der Waals surface area contributed by atoms with Crippen molar-refractivity contribution < 1.29 is 38.2 Å². The van der Waals surface area contributed by atoms with E-state index in [9.17, 15) is 19.2 Å². The number of carbonyl (C=O) groups is 4. The number of thioether (sulfide) groups is 1. The zero-order chi connectivity index (χ0) is 33.1. The number of anilines is 1. The van der Waals surface area contributed by atoms with E-state index in [0.29, 0.717) is 17.1 Å². The molecule has 0 saturated carbocycles. The van der Waals surface area contributed by atoms with Crippen molar-refractivity contribution in [1.29, 1.82) is 0 Å². The second-order valence-electron chi connectivity index (χ2n) is 11.4. The minimum absolute atomic E-state index is 0.00594. The first-order valence-corrected chi connectivity index (χ1v) is 15.9. The van der Waals surface area contributed by atoms with Crippen molar-refractivity contribution in [1.82, 2.24) is 19.6 Å². The summed E-state index contributed by atoms with van der Waals surface area (Å²) in [5.41, 5.74) is 4.22. The fraction of sp³-hybridized carbons (Fsp3) is 0.464. The van der Waals surface area contributed by atoms with Crippen LogP contribution < -0.4 is 15.8 Å². The summed E-state index contributed by atoms with van der Waals surface area (Å²) in [6, 6.07) is 5.95. The zero-order valence-corrected chi connectivity index (χ0v) is 27.8. The van der Waals surface area contributed by atoms with Gasteiger partial charge in [0.15, 0.2) is 5.13 Å². The Balaban J connectivity index is 1.49. The van der Waals surface area contributed by atoms with E-state index in [1.807, 2.05) is 0 Å². The zero-order valence-electron chi connectivity index (χ0n) is 25.4. The number of nitrogens with two attached hydrogens (primary N) is 1. The molecule has 4 rings (SSSR count). The molecule has 2 aromatic rings. The molecule has 242 valence electrons. The van der Waals surface area contributed by atoms with Gasteiger partial charge in [0.2, 0.25) is 17.1 Å². The summed E-state index contributed by atoms with van der Waals surface area (Å²) < 4.78 is 20.1. The first-order valence-electron chi connectivity index (χ1n) is 13.6. The van der Waals surface area contributed by atoms with Gasteiger partial charge in [-0.05, 0) is 57.9 Å². The van der Waals surface area contributed by atoms with Crippen molar-refractivity contribution in [3.63, 3.8) is 0 Å². The van der Waals surface area contributed by atoms with Gasteiger partial charge < -0.3 is 30.1 Å². The van der Waals surface area contributed by atoms with Crippen LogP contribution in [0.1, 0.15) is 46.0 Å². The van der Waals surface area contributed by atoms with Crippen molar-refractivity contribution in [2.24, 2.45) is 5.16 Å². The molecule has 1 fully saturated rings. The molecule has 0 spiro atoms. The molecule has 0 unspecified atom stereocenters. The van der Waals surface area contributed by atoms with E-state index in [1.165, 1.54) is 30.5 Å². The van der Waals surface area contributed by atoms with Crippen molar-refractivity contribution >= 4 is 69.5 Å². The third kappa shape index (κ3) is 7.86. The van der Waals surface area contributed by atoms with Crippen LogP contribution in [-0.2, 0) is 40.1 Å². The van der Waals surface area contributed by atoms with Crippen LogP contribution in [0.2, 0.25) is 0 Å². The predicted octanol–water partition coefficient (Wildman–Crippen LogP) is 2.61. The Labute approximate surface area is 272 Å². The summed E-state index contributed by atoms with van der Waals surface area (Å²) in [4.78, 5) is 63.4. The lowest BCUT2D eigenvalue weighted by Gasteiger charge is -2.49. The van der Waals surface area contributed by atoms with Gasteiger partial charge in [-0.15, -0.1) is 23.4 Å². The van der Waals surface area contributed by atoms with Gasteiger partial charge >= 0.3 is 11.9 Å². The van der Waals surface area contributed by atoms with Gasteiger partial charge in [-0.25, -0.2) is 9.59 Å². The van der Waals surface area contributed by atoms with Gasteiger partial charge in [-0.1, -0.05) is 17.3 Å². The number of esters is 2. The average Bonchev–Trinajstić information content (AvgIpc) is 3.42.